The fourth-order valence-corrected chi connectivity index (χ4v) is 3.37. The summed E-state index contributed by atoms with van der Waals surface area (Å²) in [5.74, 6) is 0.467. The lowest BCUT2D eigenvalue weighted by Gasteiger charge is -2.39. The molecule has 1 saturated carbocycles. The molecule has 102 valence electrons. The van der Waals surface area contributed by atoms with E-state index in [1.54, 1.807) is 16.2 Å². The lowest BCUT2D eigenvalue weighted by molar-refractivity contribution is -0.151. The summed E-state index contributed by atoms with van der Waals surface area (Å²) in [5.41, 5.74) is 1.12. The molecule has 2 amide bonds. The molecule has 19 heavy (non-hydrogen) atoms. The van der Waals surface area contributed by atoms with Gasteiger partial charge in [-0.1, -0.05) is 6.92 Å². The molecule has 1 aromatic rings. The van der Waals surface area contributed by atoms with Crippen LogP contribution >= 0.6 is 11.3 Å². The van der Waals surface area contributed by atoms with Gasteiger partial charge in [-0.25, -0.2) is 0 Å². The van der Waals surface area contributed by atoms with Gasteiger partial charge in [-0.05, 0) is 47.6 Å². The van der Waals surface area contributed by atoms with E-state index in [1.165, 1.54) is 0 Å². The zero-order valence-corrected chi connectivity index (χ0v) is 11.8. The molecular weight excluding hydrogens is 260 g/mol. The third kappa shape index (κ3) is 2.39. The Morgan fingerprint density at radius 3 is 2.79 bits per heavy atom. The fraction of sp³-hybridized carbons (Fsp3) is 0.571. The summed E-state index contributed by atoms with van der Waals surface area (Å²) in [6.45, 7) is 2.50. The van der Waals surface area contributed by atoms with Crippen molar-refractivity contribution < 1.29 is 9.59 Å². The molecule has 1 aliphatic heterocycles. The molecule has 5 heteroatoms. The van der Waals surface area contributed by atoms with E-state index in [4.69, 9.17) is 0 Å². The molecule has 0 spiro atoms. The summed E-state index contributed by atoms with van der Waals surface area (Å²) in [7, 11) is 0. The SMILES string of the molecule is CCC1NC(=O)C(C2CC2)N(Cc2ccsc2)C1=O. The molecular formula is C14H18N2O2S. The van der Waals surface area contributed by atoms with Crippen LogP contribution in [0.3, 0.4) is 0 Å². The standard InChI is InChI=1S/C14H18N2O2S/c1-2-11-14(18)16(7-9-5-6-19-8-9)12(10-3-4-10)13(17)15-11/h5-6,8,10-12H,2-4,7H2,1H3,(H,15,17). The number of rotatable bonds is 4. The van der Waals surface area contributed by atoms with Crippen molar-refractivity contribution in [3.63, 3.8) is 0 Å². The smallest absolute Gasteiger partial charge is 0.246 e. The summed E-state index contributed by atoms with van der Waals surface area (Å²) in [4.78, 5) is 26.5. The largest absolute Gasteiger partial charge is 0.343 e. The highest BCUT2D eigenvalue weighted by molar-refractivity contribution is 7.07. The van der Waals surface area contributed by atoms with E-state index >= 15 is 0 Å². The number of hydrogen-bond donors (Lipinski definition) is 1. The van der Waals surface area contributed by atoms with Crippen LogP contribution in [0.25, 0.3) is 0 Å². The molecule has 1 aromatic heterocycles. The summed E-state index contributed by atoms with van der Waals surface area (Å²) in [6.07, 6.45) is 2.77. The average Bonchev–Trinajstić information content (AvgIpc) is 3.10. The van der Waals surface area contributed by atoms with E-state index in [0.29, 0.717) is 18.9 Å². The van der Waals surface area contributed by atoms with Crippen LogP contribution in [0.1, 0.15) is 31.7 Å². The van der Waals surface area contributed by atoms with Gasteiger partial charge >= 0.3 is 0 Å². The Bertz CT molecular complexity index is 482. The van der Waals surface area contributed by atoms with Crippen molar-refractivity contribution in [2.45, 2.75) is 44.8 Å². The predicted molar refractivity (Wildman–Crippen MR) is 73.6 cm³/mol. The van der Waals surface area contributed by atoms with Gasteiger partial charge in [0.15, 0.2) is 0 Å². The molecule has 2 aliphatic rings. The maximum absolute atomic E-state index is 12.5. The average molecular weight is 278 g/mol. The highest BCUT2D eigenvalue weighted by Gasteiger charge is 2.47. The Kier molecular flexibility index (Phi) is 3.31. The van der Waals surface area contributed by atoms with Gasteiger partial charge in [0.25, 0.3) is 0 Å². The first-order valence-electron chi connectivity index (χ1n) is 6.82. The van der Waals surface area contributed by atoms with Crippen molar-refractivity contribution in [2.75, 3.05) is 0 Å². The molecule has 0 radical (unpaired) electrons. The highest BCUT2D eigenvalue weighted by Crippen LogP contribution is 2.37. The Labute approximate surface area is 116 Å². The molecule has 2 atom stereocenters. The Morgan fingerprint density at radius 1 is 1.42 bits per heavy atom. The third-order valence-corrected chi connectivity index (χ3v) is 4.64. The van der Waals surface area contributed by atoms with Crippen molar-refractivity contribution in [2.24, 2.45) is 5.92 Å². The predicted octanol–water partition coefficient (Wildman–Crippen LogP) is 1.76. The van der Waals surface area contributed by atoms with Crippen molar-refractivity contribution in [3.05, 3.63) is 22.4 Å². The minimum Gasteiger partial charge on any atom is -0.343 e. The minimum atomic E-state index is -0.346. The first-order valence-corrected chi connectivity index (χ1v) is 7.77. The second-order valence-corrected chi connectivity index (χ2v) is 6.13. The van der Waals surface area contributed by atoms with Gasteiger partial charge in [-0.15, -0.1) is 0 Å². The van der Waals surface area contributed by atoms with Crippen molar-refractivity contribution in [1.29, 1.82) is 0 Å². The fourth-order valence-electron chi connectivity index (χ4n) is 2.71. The third-order valence-electron chi connectivity index (χ3n) is 3.91. The second kappa shape index (κ2) is 4.96. The lowest BCUT2D eigenvalue weighted by atomic mass is 10.0. The quantitative estimate of drug-likeness (QED) is 0.912. The van der Waals surface area contributed by atoms with Crippen LogP contribution in [-0.2, 0) is 16.1 Å². The van der Waals surface area contributed by atoms with Crippen LogP contribution in [0.15, 0.2) is 16.8 Å². The minimum absolute atomic E-state index is 0.0316. The number of hydrogen-bond acceptors (Lipinski definition) is 3. The zero-order valence-electron chi connectivity index (χ0n) is 11.0. The topological polar surface area (TPSA) is 49.4 Å². The lowest BCUT2D eigenvalue weighted by Crippen LogP contribution is -2.63. The molecule has 0 bridgehead atoms. The molecule has 2 fully saturated rings. The number of amides is 2. The van der Waals surface area contributed by atoms with Crippen LogP contribution < -0.4 is 5.32 Å². The Morgan fingerprint density at radius 2 is 2.21 bits per heavy atom. The number of carbonyl (C=O) groups excluding carboxylic acids is 2. The van der Waals surface area contributed by atoms with Gasteiger partial charge < -0.3 is 10.2 Å². The summed E-state index contributed by atoms with van der Waals surface area (Å²) >= 11 is 1.62. The molecule has 1 aliphatic carbocycles. The van der Waals surface area contributed by atoms with E-state index in [2.05, 4.69) is 5.32 Å². The number of nitrogens with one attached hydrogen (secondary N) is 1. The van der Waals surface area contributed by atoms with Gasteiger partial charge in [0.2, 0.25) is 11.8 Å². The molecule has 1 saturated heterocycles. The van der Waals surface area contributed by atoms with E-state index < -0.39 is 0 Å². The molecule has 2 unspecified atom stereocenters. The summed E-state index contributed by atoms with van der Waals surface area (Å²) in [6, 6.07) is 1.42. The number of piperazine rings is 1. The van der Waals surface area contributed by atoms with Crippen molar-refractivity contribution in [1.82, 2.24) is 10.2 Å². The number of nitrogens with zero attached hydrogens (tertiary/aromatic N) is 1. The van der Waals surface area contributed by atoms with Crippen molar-refractivity contribution in [3.8, 4) is 0 Å². The number of thiophene rings is 1. The van der Waals surface area contributed by atoms with Gasteiger partial charge in [0.1, 0.15) is 12.1 Å². The van der Waals surface area contributed by atoms with Gasteiger partial charge in [-0.2, -0.15) is 11.3 Å². The summed E-state index contributed by atoms with van der Waals surface area (Å²) < 4.78 is 0. The van der Waals surface area contributed by atoms with E-state index in [0.717, 1.165) is 18.4 Å². The molecule has 3 rings (SSSR count). The van der Waals surface area contributed by atoms with E-state index in [1.807, 2.05) is 23.8 Å². The van der Waals surface area contributed by atoms with Crippen LogP contribution in [0, 0.1) is 5.92 Å². The monoisotopic (exact) mass is 278 g/mol. The molecule has 4 nitrogen and oxygen atoms in total. The van der Waals surface area contributed by atoms with E-state index in [9.17, 15) is 9.59 Å². The van der Waals surface area contributed by atoms with Crippen LogP contribution in [0.5, 0.6) is 0 Å². The van der Waals surface area contributed by atoms with Gasteiger partial charge in [0.05, 0.1) is 0 Å². The second-order valence-electron chi connectivity index (χ2n) is 5.35. The maximum Gasteiger partial charge on any atom is 0.246 e. The molecule has 1 N–H and O–H groups in total. The van der Waals surface area contributed by atoms with Gasteiger partial charge in [-0.3, -0.25) is 9.59 Å². The van der Waals surface area contributed by atoms with Crippen molar-refractivity contribution >= 4 is 23.2 Å². The Balaban J connectivity index is 1.85. The van der Waals surface area contributed by atoms with Crippen LogP contribution in [-0.4, -0.2) is 28.8 Å². The Hall–Kier alpha value is -1.36. The first-order chi connectivity index (χ1) is 9.20. The summed E-state index contributed by atoms with van der Waals surface area (Å²) in [5, 5.41) is 6.92. The van der Waals surface area contributed by atoms with Crippen LogP contribution in [0.4, 0.5) is 0 Å². The van der Waals surface area contributed by atoms with Gasteiger partial charge in [0, 0.05) is 6.54 Å². The first kappa shape index (κ1) is 12.7. The highest BCUT2D eigenvalue weighted by atomic mass is 32.1. The molecule has 0 aromatic carbocycles. The maximum atomic E-state index is 12.5. The van der Waals surface area contributed by atoms with Crippen LogP contribution in [0.2, 0.25) is 0 Å². The zero-order chi connectivity index (χ0) is 13.4. The molecule has 2 heterocycles. The normalized spacial score (nSPS) is 27.5. The number of carbonyl (C=O) groups is 2. The van der Waals surface area contributed by atoms with E-state index in [-0.39, 0.29) is 23.9 Å².